The third-order valence-corrected chi connectivity index (χ3v) is 7.80. The lowest BCUT2D eigenvalue weighted by Gasteiger charge is -2.30. The Morgan fingerprint density at radius 1 is 1.02 bits per heavy atom. The van der Waals surface area contributed by atoms with Crippen molar-refractivity contribution < 1.29 is 4.52 Å². The van der Waals surface area contributed by atoms with Crippen molar-refractivity contribution in [2.24, 2.45) is 5.92 Å². The molecular formula is C31H34N8O. The van der Waals surface area contributed by atoms with Crippen molar-refractivity contribution in [2.75, 3.05) is 24.2 Å². The van der Waals surface area contributed by atoms with Crippen LogP contribution in [0.1, 0.15) is 35.4 Å². The molecule has 2 aromatic carbocycles. The zero-order chi connectivity index (χ0) is 26.9. The molecule has 9 nitrogen and oxygen atoms in total. The summed E-state index contributed by atoms with van der Waals surface area (Å²) < 4.78 is 5.61. The topological polar surface area (TPSA) is 94.4 Å². The van der Waals surface area contributed by atoms with E-state index >= 15 is 0 Å². The summed E-state index contributed by atoms with van der Waals surface area (Å²) in [5.41, 5.74) is 10.3. The molecule has 2 aromatic heterocycles. The van der Waals surface area contributed by atoms with Gasteiger partial charge < -0.3 is 20.6 Å². The second-order valence-corrected chi connectivity index (χ2v) is 10.9. The summed E-state index contributed by atoms with van der Waals surface area (Å²) in [5, 5.41) is 13.5. The van der Waals surface area contributed by atoms with Gasteiger partial charge in [0, 0.05) is 49.6 Å². The predicted molar refractivity (Wildman–Crippen MR) is 155 cm³/mol. The summed E-state index contributed by atoms with van der Waals surface area (Å²) in [6, 6.07) is 22.6. The van der Waals surface area contributed by atoms with E-state index in [1.807, 2.05) is 36.4 Å². The molecule has 2 aliphatic heterocycles. The van der Waals surface area contributed by atoms with Crippen LogP contribution in [0.15, 0.2) is 83.0 Å². The molecular weight excluding hydrogens is 500 g/mol. The number of hydrogen-bond acceptors (Lipinski definition) is 9. The van der Waals surface area contributed by atoms with Gasteiger partial charge in [0.1, 0.15) is 17.7 Å². The number of hydrazine groups is 1. The number of allylic oxidation sites excluding steroid dienone is 1. The van der Waals surface area contributed by atoms with Gasteiger partial charge in [-0.2, -0.15) is 4.98 Å². The number of rotatable bonds is 9. The van der Waals surface area contributed by atoms with Crippen molar-refractivity contribution in [1.82, 2.24) is 30.5 Å². The molecule has 7 rings (SSSR count). The van der Waals surface area contributed by atoms with Gasteiger partial charge >= 0.3 is 0 Å². The van der Waals surface area contributed by atoms with E-state index in [4.69, 9.17) is 14.5 Å². The minimum atomic E-state index is 0.0347. The van der Waals surface area contributed by atoms with E-state index in [1.54, 1.807) is 0 Å². The SMILES string of the molecule is CN1NC(C2CC2)=CC1Nc1nc(NCc2cc(-c3ccccc3)no2)nc2c1CCN(Cc1ccccc1)C2. The Balaban J connectivity index is 1.12. The van der Waals surface area contributed by atoms with Crippen LogP contribution in [0.5, 0.6) is 0 Å². The van der Waals surface area contributed by atoms with Crippen molar-refractivity contribution in [1.29, 1.82) is 0 Å². The summed E-state index contributed by atoms with van der Waals surface area (Å²) in [5.74, 6) is 2.87. The van der Waals surface area contributed by atoms with Crippen LogP contribution in [-0.2, 0) is 26.1 Å². The molecule has 1 unspecified atom stereocenters. The Morgan fingerprint density at radius 2 is 1.82 bits per heavy atom. The van der Waals surface area contributed by atoms with Crippen molar-refractivity contribution in [3.63, 3.8) is 0 Å². The van der Waals surface area contributed by atoms with Crippen LogP contribution in [0.4, 0.5) is 11.8 Å². The van der Waals surface area contributed by atoms with E-state index in [2.05, 4.69) is 74.6 Å². The van der Waals surface area contributed by atoms with Gasteiger partial charge in [-0.3, -0.25) is 4.90 Å². The largest absolute Gasteiger partial charge is 0.359 e. The highest BCUT2D eigenvalue weighted by Crippen LogP contribution is 2.37. The fraction of sp³-hybridized carbons (Fsp3) is 0.323. The molecule has 3 N–H and O–H groups in total. The molecule has 9 heteroatoms. The number of aromatic nitrogens is 3. The Labute approximate surface area is 234 Å². The zero-order valence-corrected chi connectivity index (χ0v) is 22.7. The van der Waals surface area contributed by atoms with Crippen molar-refractivity contribution >= 4 is 11.8 Å². The summed E-state index contributed by atoms with van der Waals surface area (Å²) >= 11 is 0. The number of likely N-dealkylation sites (N-methyl/N-ethyl adjacent to an activating group) is 1. The minimum Gasteiger partial charge on any atom is -0.359 e. The van der Waals surface area contributed by atoms with Crippen LogP contribution < -0.4 is 16.1 Å². The van der Waals surface area contributed by atoms with Crippen LogP contribution in [0, 0.1) is 5.92 Å². The molecule has 0 saturated heterocycles. The van der Waals surface area contributed by atoms with Gasteiger partial charge in [-0.15, -0.1) is 0 Å². The molecule has 0 amide bonds. The molecule has 1 aliphatic carbocycles. The standard InChI is InChI=1S/C31H34N8O/c1-38-29(17-26(36-38)23-12-13-23)34-30-25-14-15-39(19-21-8-4-2-5-9-21)20-28(25)33-31(35-30)32-18-24-16-27(37-40-24)22-10-6-3-7-11-22/h2-11,16-17,23,29,36H,12-15,18-20H2,1H3,(H2,32,33,34,35). The predicted octanol–water partition coefficient (Wildman–Crippen LogP) is 4.78. The summed E-state index contributed by atoms with van der Waals surface area (Å²) in [6.07, 6.45) is 5.76. The molecule has 1 saturated carbocycles. The third kappa shape index (κ3) is 5.43. The molecule has 4 aromatic rings. The summed E-state index contributed by atoms with van der Waals surface area (Å²) in [6.45, 7) is 3.09. The highest BCUT2D eigenvalue weighted by atomic mass is 16.5. The third-order valence-electron chi connectivity index (χ3n) is 7.80. The van der Waals surface area contributed by atoms with E-state index in [0.717, 1.165) is 54.6 Å². The van der Waals surface area contributed by atoms with E-state index < -0.39 is 0 Å². The molecule has 204 valence electrons. The first kappa shape index (κ1) is 24.8. The molecule has 1 atom stereocenters. The maximum atomic E-state index is 5.61. The van der Waals surface area contributed by atoms with Crippen molar-refractivity contribution in [3.8, 4) is 11.3 Å². The number of hydrogen-bond donors (Lipinski definition) is 3. The maximum absolute atomic E-state index is 5.61. The first-order valence-electron chi connectivity index (χ1n) is 14.1. The van der Waals surface area contributed by atoms with Crippen LogP contribution in [0.25, 0.3) is 11.3 Å². The lowest BCUT2D eigenvalue weighted by molar-refractivity contribution is 0.240. The monoisotopic (exact) mass is 534 g/mol. The Hall–Kier alpha value is -4.21. The van der Waals surface area contributed by atoms with Gasteiger partial charge in [0.2, 0.25) is 5.95 Å². The molecule has 4 heterocycles. The molecule has 0 radical (unpaired) electrons. The quantitative estimate of drug-likeness (QED) is 0.280. The van der Waals surface area contributed by atoms with Crippen LogP contribution >= 0.6 is 0 Å². The number of nitrogens with zero attached hydrogens (tertiary/aromatic N) is 5. The minimum absolute atomic E-state index is 0.0347. The summed E-state index contributed by atoms with van der Waals surface area (Å²) in [4.78, 5) is 12.4. The smallest absolute Gasteiger partial charge is 0.225 e. The Bertz CT molecular complexity index is 1500. The number of benzene rings is 2. The second kappa shape index (κ2) is 10.7. The molecule has 3 aliphatic rings. The van der Waals surface area contributed by atoms with Gasteiger partial charge in [-0.1, -0.05) is 65.8 Å². The Morgan fingerprint density at radius 3 is 2.62 bits per heavy atom. The molecule has 1 fully saturated rings. The lowest BCUT2D eigenvalue weighted by Crippen LogP contribution is -2.40. The normalized spacial score (nSPS) is 19.1. The first-order valence-corrected chi connectivity index (χ1v) is 14.1. The van der Waals surface area contributed by atoms with Gasteiger partial charge in [0.15, 0.2) is 5.76 Å². The van der Waals surface area contributed by atoms with Gasteiger partial charge in [-0.25, -0.2) is 9.99 Å². The lowest BCUT2D eigenvalue weighted by atomic mass is 10.0. The average molecular weight is 535 g/mol. The maximum Gasteiger partial charge on any atom is 0.225 e. The van der Waals surface area contributed by atoms with E-state index in [1.165, 1.54) is 29.7 Å². The average Bonchev–Trinajstić information content (AvgIpc) is 3.62. The second-order valence-electron chi connectivity index (χ2n) is 10.9. The van der Waals surface area contributed by atoms with Crippen LogP contribution in [0.3, 0.4) is 0 Å². The first-order chi connectivity index (χ1) is 19.7. The van der Waals surface area contributed by atoms with Crippen LogP contribution in [-0.4, -0.2) is 44.8 Å². The van der Waals surface area contributed by atoms with E-state index in [0.29, 0.717) is 18.4 Å². The summed E-state index contributed by atoms with van der Waals surface area (Å²) in [7, 11) is 2.08. The highest BCUT2D eigenvalue weighted by molar-refractivity contribution is 5.58. The molecule has 0 spiro atoms. The van der Waals surface area contributed by atoms with E-state index in [9.17, 15) is 0 Å². The zero-order valence-electron chi connectivity index (χ0n) is 22.7. The van der Waals surface area contributed by atoms with E-state index in [-0.39, 0.29) is 6.17 Å². The molecule has 40 heavy (non-hydrogen) atoms. The van der Waals surface area contributed by atoms with Gasteiger partial charge in [0.05, 0.1) is 12.2 Å². The number of nitrogens with one attached hydrogen (secondary N) is 3. The van der Waals surface area contributed by atoms with Crippen LogP contribution in [0.2, 0.25) is 0 Å². The van der Waals surface area contributed by atoms with Crippen molar-refractivity contribution in [2.45, 2.75) is 45.1 Å². The fourth-order valence-corrected chi connectivity index (χ4v) is 5.46. The number of fused-ring (bicyclic) bond motifs is 1. The van der Waals surface area contributed by atoms with Gasteiger partial charge in [-0.05, 0) is 36.8 Å². The highest BCUT2D eigenvalue weighted by Gasteiger charge is 2.33. The fourth-order valence-electron chi connectivity index (χ4n) is 5.46. The Kier molecular flexibility index (Phi) is 6.67. The molecule has 0 bridgehead atoms. The van der Waals surface area contributed by atoms with Crippen molar-refractivity contribution in [3.05, 3.63) is 101 Å². The number of anilines is 2. The van der Waals surface area contributed by atoms with Gasteiger partial charge in [0.25, 0.3) is 0 Å².